The number of carbonyl (C=O) groups excluding carboxylic acids is 1. The number of fused-ring (bicyclic) bond motifs is 3. The predicted octanol–water partition coefficient (Wildman–Crippen LogP) is 3.92. The lowest BCUT2D eigenvalue weighted by Crippen LogP contribution is -2.51. The molecule has 140 valence electrons. The van der Waals surface area contributed by atoms with E-state index in [9.17, 15) is 14.7 Å². The van der Waals surface area contributed by atoms with Gasteiger partial charge in [-0.2, -0.15) is 0 Å². The molecule has 3 aromatic rings. The molecule has 0 atom stereocenters. The van der Waals surface area contributed by atoms with Crippen LogP contribution in [0.3, 0.4) is 0 Å². The maximum atomic E-state index is 13.3. The molecule has 1 aliphatic rings. The van der Waals surface area contributed by atoms with Crippen LogP contribution in [-0.4, -0.2) is 31.2 Å². The molecule has 0 fully saturated rings. The van der Waals surface area contributed by atoms with Crippen LogP contribution in [0.15, 0.2) is 72.8 Å². The number of benzene rings is 3. The van der Waals surface area contributed by atoms with Crippen LogP contribution in [0, 0.1) is 0 Å². The molecule has 0 amide bonds. The van der Waals surface area contributed by atoms with E-state index >= 15 is 0 Å². The van der Waals surface area contributed by atoms with Gasteiger partial charge in [-0.25, -0.2) is 9.59 Å². The Morgan fingerprint density at radius 1 is 0.857 bits per heavy atom. The Hall–Kier alpha value is -3.60. The van der Waals surface area contributed by atoms with Gasteiger partial charge in [0, 0.05) is 18.2 Å². The molecule has 0 radical (unpaired) electrons. The van der Waals surface area contributed by atoms with Gasteiger partial charge in [-0.05, 0) is 23.3 Å². The fourth-order valence-corrected chi connectivity index (χ4v) is 4.21. The normalized spacial score (nSPS) is 13.4. The molecule has 3 aromatic carbocycles. The Morgan fingerprint density at radius 3 is 1.89 bits per heavy atom. The lowest BCUT2D eigenvalue weighted by atomic mass is 9.85. The summed E-state index contributed by atoms with van der Waals surface area (Å²) >= 11 is 0. The van der Waals surface area contributed by atoms with E-state index in [2.05, 4.69) is 0 Å². The zero-order valence-corrected chi connectivity index (χ0v) is 15.5. The van der Waals surface area contributed by atoms with Gasteiger partial charge in [-0.1, -0.05) is 60.7 Å². The molecule has 0 saturated carbocycles. The van der Waals surface area contributed by atoms with E-state index in [1.807, 2.05) is 48.5 Å². The van der Waals surface area contributed by atoms with Crippen LogP contribution < -0.4 is 4.90 Å². The number of hydrogen-bond donors (Lipinski definition) is 1. The summed E-state index contributed by atoms with van der Waals surface area (Å²) < 4.78 is 5.27. The van der Waals surface area contributed by atoms with Crippen molar-refractivity contribution in [2.75, 3.05) is 19.1 Å². The van der Waals surface area contributed by atoms with Crippen molar-refractivity contribution in [3.8, 4) is 11.1 Å². The molecule has 4 rings (SSSR count). The molecule has 0 bridgehead atoms. The minimum absolute atomic E-state index is 0.121. The second kappa shape index (κ2) is 6.53. The largest absolute Gasteiger partial charge is 0.478 e. The number of para-hydroxylation sites is 1. The lowest BCUT2D eigenvalue weighted by Gasteiger charge is -2.40. The van der Waals surface area contributed by atoms with Gasteiger partial charge >= 0.3 is 11.9 Å². The van der Waals surface area contributed by atoms with E-state index in [1.165, 1.54) is 13.2 Å². The van der Waals surface area contributed by atoms with Crippen LogP contribution in [0.1, 0.15) is 21.5 Å². The van der Waals surface area contributed by atoms with E-state index in [4.69, 9.17) is 4.74 Å². The van der Waals surface area contributed by atoms with E-state index < -0.39 is 17.5 Å². The van der Waals surface area contributed by atoms with Gasteiger partial charge in [-0.15, -0.1) is 0 Å². The number of anilines is 1. The average Bonchev–Trinajstić information content (AvgIpc) is 3.04. The van der Waals surface area contributed by atoms with Gasteiger partial charge in [0.1, 0.15) is 0 Å². The molecule has 0 saturated heterocycles. The third kappa shape index (κ3) is 2.26. The van der Waals surface area contributed by atoms with Crippen molar-refractivity contribution in [3.63, 3.8) is 0 Å². The van der Waals surface area contributed by atoms with Gasteiger partial charge in [0.15, 0.2) is 5.54 Å². The number of ether oxygens (including phenoxy) is 1. The lowest BCUT2D eigenvalue weighted by molar-refractivity contribution is -0.145. The highest BCUT2D eigenvalue weighted by Gasteiger charge is 2.54. The van der Waals surface area contributed by atoms with E-state index in [0.29, 0.717) is 5.69 Å². The van der Waals surface area contributed by atoms with Crippen LogP contribution in [-0.2, 0) is 15.1 Å². The Morgan fingerprint density at radius 2 is 1.36 bits per heavy atom. The van der Waals surface area contributed by atoms with Crippen molar-refractivity contribution < 1.29 is 19.4 Å². The minimum atomic E-state index is -1.28. The highest BCUT2D eigenvalue weighted by atomic mass is 16.5. The highest BCUT2D eigenvalue weighted by Crippen LogP contribution is 2.52. The Kier molecular flexibility index (Phi) is 4.15. The Labute approximate surface area is 162 Å². The predicted molar refractivity (Wildman–Crippen MR) is 106 cm³/mol. The minimum Gasteiger partial charge on any atom is -0.478 e. The fraction of sp³-hybridized carbons (Fsp3) is 0.130. The number of nitrogens with zero attached hydrogens (tertiary/aromatic N) is 1. The van der Waals surface area contributed by atoms with E-state index in [0.717, 1.165) is 22.3 Å². The summed E-state index contributed by atoms with van der Waals surface area (Å²) in [7, 11) is 3.09. The number of methoxy groups -OCH3 is 1. The molecule has 0 spiro atoms. The average molecular weight is 373 g/mol. The molecule has 0 aliphatic heterocycles. The molecule has 28 heavy (non-hydrogen) atoms. The van der Waals surface area contributed by atoms with Gasteiger partial charge < -0.3 is 14.7 Å². The highest BCUT2D eigenvalue weighted by molar-refractivity contribution is 6.02. The summed E-state index contributed by atoms with van der Waals surface area (Å²) in [4.78, 5) is 26.9. The SMILES string of the molecule is COC(=O)C1(N(C)c2ccccc2C(=O)O)c2ccccc2-c2ccccc21. The molecule has 0 unspecified atom stereocenters. The van der Waals surface area contributed by atoms with Gasteiger partial charge in [0.25, 0.3) is 0 Å². The number of likely N-dealkylation sites (N-methyl/N-ethyl adjacent to an activating group) is 1. The standard InChI is InChI=1S/C23H19NO4/c1-24(20-14-8-5-11-17(20)21(25)26)23(22(27)28-2)18-12-6-3-9-15(18)16-10-4-7-13-19(16)23/h3-14H,1-2H3,(H,25,26). The van der Waals surface area contributed by atoms with E-state index in [1.54, 1.807) is 30.1 Å². The van der Waals surface area contributed by atoms with Crippen LogP contribution >= 0.6 is 0 Å². The van der Waals surface area contributed by atoms with Crippen molar-refractivity contribution >= 4 is 17.6 Å². The summed E-state index contributed by atoms with van der Waals surface area (Å²) in [5.74, 6) is -1.52. The quantitative estimate of drug-likeness (QED) is 0.702. The number of aromatic carboxylic acids is 1. The number of esters is 1. The maximum absolute atomic E-state index is 13.3. The van der Waals surface area contributed by atoms with Crippen LogP contribution in [0.5, 0.6) is 0 Å². The first-order valence-electron chi connectivity index (χ1n) is 8.87. The smallest absolute Gasteiger partial charge is 0.341 e. The summed E-state index contributed by atoms with van der Waals surface area (Å²) in [6.07, 6.45) is 0. The monoisotopic (exact) mass is 373 g/mol. The molecule has 1 aliphatic carbocycles. The molecule has 0 aromatic heterocycles. The van der Waals surface area contributed by atoms with Gasteiger partial charge in [0.2, 0.25) is 0 Å². The zero-order valence-electron chi connectivity index (χ0n) is 15.5. The summed E-state index contributed by atoms with van der Waals surface area (Å²) in [6.45, 7) is 0. The Bertz CT molecular complexity index is 1040. The molecule has 1 N–H and O–H groups in total. The molecular formula is C23H19NO4. The number of rotatable bonds is 4. The number of carboxylic acids is 1. The maximum Gasteiger partial charge on any atom is 0.341 e. The third-order valence-corrected chi connectivity index (χ3v) is 5.40. The fourth-order valence-electron chi connectivity index (χ4n) is 4.21. The molecular weight excluding hydrogens is 354 g/mol. The first-order valence-corrected chi connectivity index (χ1v) is 8.87. The topological polar surface area (TPSA) is 66.8 Å². The third-order valence-electron chi connectivity index (χ3n) is 5.40. The number of carbonyl (C=O) groups is 2. The van der Waals surface area contributed by atoms with Crippen LogP contribution in [0.4, 0.5) is 5.69 Å². The number of carboxylic acid groups (broad SMARTS) is 1. The molecule has 5 heteroatoms. The number of hydrogen-bond acceptors (Lipinski definition) is 4. The molecule has 0 heterocycles. The Balaban J connectivity index is 2.08. The first-order chi connectivity index (χ1) is 13.5. The van der Waals surface area contributed by atoms with Crippen molar-refractivity contribution in [1.29, 1.82) is 0 Å². The second-order valence-corrected chi connectivity index (χ2v) is 6.67. The molecule has 5 nitrogen and oxygen atoms in total. The zero-order chi connectivity index (χ0) is 19.9. The van der Waals surface area contributed by atoms with Crippen molar-refractivity contribution in [1.82, 2.24) is 0 Å². The van der Waals surface area contributed by atoms with E-state index in [-0.39, 0.29) is 5.56 Å². The second-order valence-electron chi connectivity index (χ2n) is 6.67. The van der Waals surface area contributed by atoms with Crippen molar-refractivity contribution in [2.45, 2.75) is 5.54 Å². The van der Waals surface area contributed by atoms with Crippen LogP contribution in [0.2, 0.25) is 0 Å². The van der Waals surface area contributed by atoms with Gasteiger partial charge in [0.05, 0.1) is 18.4 Å². The van der Waals surface area contributed by atoms with Crippen LogP contribution in [0.25, 0.3) is 11.1 Å². The van der Waals surface area contributed by atoms with Gasteiger partial charge in [-0.3, -0.25) is 0 Å². The summed E-state index contributed by atoms with van der Waals surface area (Å²) in [5, 5.41) is 9.68. The summed E-state index contributed by atoms with van der Waals surface area (Å²) in [6, 6.07) is 22.0. The summed E-state index contributed by atoms with van der Waals surface area (Å²) in [5.41, 5.74) is 2.68. The van der Waals surface area contributed by atoms with Crippen molar-refractivity contribution in [2.24, 2.45) is 0 Å². The first kappa shape index (κ1) is 17.8. The van der Waals surface area contributed by atoms with Crippen molar-refractivity contribution in [3.05, 3.63) is 89.5 Å².